The van der Waals surface area contributed by atoms with Crippen molar-refractivity contribution in [1.29, 1.82) is 0 Å². The Morgan fingerprint density at radius 2 is 1.63 bits per heavy atom. The predicted octanol–water partition coefficient (Wildman–Crippen LogP) is 7.44. The second kappa shape index (κ2) is 11.6. The van der Waals surface area contributed by atoms with Gasteiger partial charge in [0.05, 0.1) is 0 Å². The molecule has 1 aromatic carbocycles. The van der Waals surface area contributed by atoms with Crippen LogP contribution in [0.4, 0.5) is 0 Å². The molecule has 0 unspecified atom stereocenters. The van der Waals surface area contributed by atoms with Gasteiger partial charge in [-0.1, -0.05) is 54.9 Å². The lowest BCUT2D eigenvalue weighted by Crippen LogP contribution is -2.06. The average Bonchev–Trinajstić information content (AvgIpc) is 2.56. The maximum Gasteiger partial charge on any atom is 0.336 e. The maximum atomic E-state index is 12.2. The number of benzene rings is 1. The Labute approximate surface area is 166 Å². The minimum absolute atomic E-state index is 0.291. The third-order valence-electron chi connectivity index (χ3n) is 4.58. The molecule has 2 nitrogen and oxygen atoms in total. The van der Waals surface area contributed by atoms with Crippen molar-refractivity contribution in [1.82, 2.24) is 0 Å². The Bertz CT molecular complexity index is 714. The number of aryl methyl sites for hydroxylation is 1. The van der Waals surface area contributed by atoms with Crippen molar-refractivity contribution in [2.24, 2.45) is 0 Å². The lowest BCUT2D eigenvalue weighted by atomic mass is 10.0. The summed E-state index contributed by atoms with van der Waals surface area (Å²) in [6.45, 7) is 14.7. The van der Waals surface area contributed by atoms with Gasteiger partial charge in [-0.05, 0) is 83.4 Å². The van der Waals surface area contributed by atoms with Crippen LogP contribution in [0, 0.1) is 6.92 Å². The van der Waals surface area contributed by atoms with E-state index in [1.165, 1.54) is 16.7 Å². The largest absolute Gasteiger partial charge is 0.423 e. The Morgan fingerprint density at radius 1 is 1.00 bits per heavy atom. The maximum absolute atomic E-state index is 12.2. The van der Waals surface area contributed by atoms with E-state index in [2.05, 4.69) is 52.8 Å². The van der Waals surface area contributed by atoms with Crippen LogP contribution in [0.25, 0.3) is 0 Å². The minimum atomic E-state index is -0.291. The first-order chi connectivity index (χ1) is 12.7. The average molecular weight is 369 g/mol. The van der Waals surface area contributed by atoms with Gasteiger partial charge in [0.15, 0.2) is 0 Å². The molecule has 0 aliphatic heterocycles. The number of carbonyl (C=O) groups excluding carboxylic acids is 1. The number of carbonyl (C=O) groups is 1. The summed E-state index contributed by atoms with van der Waals surface area (Å²) in [6.07, 6.45) is 10.2. The van der Waals surface area contributed by atoms with Crippen LogP contribution >= 0.6 is 0 Å². The standard InChI is InChI=1S/C25H36O2/c1-18(2)10-8-11-20(5)12-9-13-21(6)16-25(26)27-24-17-23(19(3)4)15-14-22(24)7/h10,12,14-17,19H,8-9,11,13H2,1-7H3/b20-12+,21-16+. The molecule has 0 aliphatic rings. The molecule has 0 radical (unpaired) electrons. The molecule has 0 atom stereocenters. The molecule has 0 heterocycles. The molecule has 0 bridgehead atoms. The third kappa shape index (κ3) is 9.42. The Balaban J connectivity index is 2.56. The monoisotopic (exact) mass is 368 g/mol. The van der Waals surface area contributed by atoms with Crippen molar-refractivity contribution in [2.75, 3.05) is 0 Å². The fraction of sp³-hybridized carbons (Fsp3) is 0.480. The van der Waals surface area contributed by atoms with Crippen LogP contribution in [0.5, 0.6) is 5.75 Å². The first kappa shape index (κ1) is 23.0. The normalized spacial score (nSPS) is 12.3. The molecule has 2 heteroatoms. The summed E-state index contributed by atoms with van der Waals surface area (Å²) in [4.78, 5) is 12.2. The summed E-state index contributed by atoms with van der Waals surface area (Å²) >= 11 is 0. The number of hydrogen-bond acceptors (Lipinski definition) is 2. The Morgan fingerprint density at radius 3 is 2.26 bits per heavy atom. The highest BCUT2D eigenvalue weighted by Gasteiger charge is 2.08. The van der Waals surface area contributed by atoms with E-state index in [-0.39, 0.29) is 5.97 Å². The second-order valence-corrected chi connectivity index (χ2v) is 8.00. The van der Waals surface area contributed by atoms with Crippen LogP contribution in [0.3, 0.4) is 0 Å². The zero-order valence-corrected chi connectivity index (χ0v) is 18.2. The summed E-state index contributed by atoms with van der Waals surface area (Å²) in [5, 5.41) is 0. The van der Waals surface area contributed by atoms with E-state index in [1.54, 1.807) is 6.08 Å². The molecular weight excluding hydrogens is 332 g/mol. The van der Waals surface area contributed by atoms with Crippen molar-refractivity contribution >= 4 is 5.97 Å². The number of allylic oxidation sites excluding steroid dienone is 5. The lowest BCUT2D eigenvalue weighted by Gasteiger charge is -2.11. The molecule has 0 aromatic heterocycles. The van der Waals surface area contributed by atoms with E-state index in [0.29, 0.717) is 11.7 Å². The highest BCUT2D eigenvalue weighted by molar-refractivity contribution is 5.85. The second-order valence-electron chi connectivity index (χ2n) is 8.00. The number of hydrogen-bond donors (Lipinski definition) is 0. The van der Waals surface area contributed by atoms with Crippen LogP contribution < -0.4 is 4.74 Å². The molecule has 0 N–H and O–H groups in total. The Kier molecular flexibility index (Phi) is 9.85. The van der Waals surface area contributed by atoms with Crippen LogP contribution in [0.2, 0.25) is 0 Å². The lowest BCUT2D eigenvalue weighted by molar-refractivity contribution is -0.129. The molecular formula is C25H36O2. The molecule has 0 saturated heterocycles. The third-order valence-corrected chi connectivity index (χ3v) is 4.58. The molecule has 0 fully saturated rings. The minimum Gasteiger partial charge on any atom is -0.423 e. The zero-order valence-electron chi connectivity index (χ0n) is 18.2. The number of ether oxygens (including phenoxy) is 1. The van der Waals surface area contributed by atoms with Gasteiger partial charge in [0.1, 0.15) is 5.75 Å². The van der Waals surface area contributed by atoms with E-state index < -0.39 is 0 Å². The molecule has 148 valence electrons. The van der Waals surface area contributed by atoms with Crippen molar-refractivity contribution in [3.63, 3.8) is 0 Å². The highest BCUT2D eigenvalue weighted by Crippen LogP contribution is 2.24. The van der Waals surface area contributed by atoms with Gasteiger partial charge < -0.3 is 4.74 Å². The summed E-state index contributed by atoms with van der Waals surface area (Å²) in [5.74, 6) is 0.776. The van der Waals surface area contributed by atoms with Crippen LogP contribution in [0.1, 0.15) is 84.3 Å². The fourth-order valence-corrected chi connectivity index (χ4v) is 2.73. The summed E-state index contributed by atoms with van der Waals surface area (Å²) in [5.41, 5.74) is 5.98. The smallest absolute Gasteiger partial charge is 0.336 e. The molecule has 0 spiro atoms. The van der Waals surface area contributed by atoms with E-state index in [1.807, 2.05) is 26.0 Å². The van der Waals surface area contributed by atoms with Gasteiger partial charge in [-0.2, -0.15) is 0 Å². The van der Waals surface area contributed by atoms with Gasteiger partial charge >= 0.3 is 5.97 Å². The number of rotatable bonds is 9. The molecule has 27 heavy (non-hydrogen) atoms. The van der Waals surface area contributed by atoms with Crippen LogP contribution in [-0.2, 0) is 4.79 Å². The van der Waals surface area contributed by atoms with Crippen molar-refractivity contribution in [3.8, 4) is 5.75 Å². The quantitative estimate of drug-likeness (QED) is 0.196. The van der Waals surface area contributed by atoms with Gasteiger partial charge in [0, 0.05) is 6.08 Å². The molecule has 0 saturated carbocycles. The van der Waals surface area contributed by atoms with E-state index in [9.17, 15) is 4.79 Å². The van der Waals surface area contributed by atoms with Crippen LogP contribution in [0.15, 0.2) is 53.1 Å². The molecule has 1 rings (SSSR count). The predicted molar refractivity (Wildman–Crippen MR) is 116 cm³/mol. The summed E-state index contributed by atoms with van der Waals surface area (Å²) in [6, 6.07) is 6.07. The van der Waals surface area contributed by atoms with E-state index >= 15 is 0 Å². The summed E-state index contributed by atoms with van der Waals surface area (Å²) in [7, 11) is 0. The van der Waals surface area contributed by atoms with Gasteiger partial charge in [-0.25, -0.2) is 4.79 Å². The van der Waals surface area contributed by atoms with E-state index in [4.69, 9.17) is 4.74 Å². The van der Waals surface area contributed by atoms with Crippen molar-refractivity contribution in [2.45, 2.75) is 80.1 Å². The van der Waals surface area contributed by atoms with Gasteiger partial charge in [-0.15, -0.1) is 0 Å². The topological polar surface area (TPSA) is 26.3 Å². The van der Waals surface area contributed by atoms with Crippen LogP contribution in [-0.4, -0.2) is 5.97 Å². The highest BCUT2D eigenvalue weighted by atomic mass is 16.5. The van der Waals surface area contributed by atoms with Gasteiger partial charge in [0.25, 0.3) is 0 Å². The van der Waals surface area contributed by atoms with Crippen molar-refractivity contribution in [3.05, 3.63) is 64.3 Å². The number of esters is 1. The van der Waals surface area contributed by atoms with Gasteiger partial charge in [0.2, 0.25) is 0 Å². The van der Waals surface area contributed by atoms with E-state index in [0.717, 1.165) is 36.8 Å². The molecule has 0 amide bonds. The molecule has 1 aromatic rings. The summed E-state index contributed by atoms with van der Waals surface area (Å²) < 4.78 is 5.57. The van der Waals surface area contributed by atoms with Gasteiger partial charge in [-0.3, -0.25) is 0 Å². The first-order valence-corrected chi connectivity index (χ1v) is 9.97. The first-order valence-electron chi connectivity index (χ1n) is 9.97. The SMILES string of the molecule is CC(C)=CCC/C(C)=C/CC/C(C)=C/C(=O)Oc1cc(C(C)C)ccc1C. The van der Waals surface area contributed by atoms with Crippen molar-refractivity contribution < 1.29 is 9.53 Å². The molecule has 0 aliphatic carbocycles. The Hall–Kier alpha value is -2.09. The zero-order chi connectivity index (χ0) is 20.4. The fourth-order valence-electron chi connectivity index (χ4n) is 2.73.